The van der Waals surface area contributed by atoms with Crippen LogP contribution in [0.1, 0.15) is 40.0 Å². The Kier molecular flexibility index (Phi) is 2.41. The molecule has 0 aromatic carbocycles. The van der Waals surface area contributed by atoms with Crippen LogP contribution in [0.2, 0.25) is 0 Å². The predicted octanol–water partition coefficient (Wildman–Crippen LogP) is 3.63. The van der Waals surface area contributed by atoms with E-state index in [1.54, 1.807) is 0 Å². The molecule has 3 unspecified atom stereocenters. The third kappa shape index (κ3) is 1.23. The van der Waals surface area contributed by atoms with Gasteiger partial charge in [-0.05, 0) is 36.5 Å². The fourth-order valence-corrected chi connectivity index (χ4v) is 2.59. The molecule has 0 N–H and O–H groups in total. The number of allylic oxidation sites excluding steroid dienone is 1. The summed E-state index contributed by atoms with van der Waals surface area (Å²) in [5, 5.41) is 0. The lowest BCUT2D eigenvalue weighted by atomic mass is 9.83. The SMILES string of the molecule is C=CC(CC)C1(CC)CC1C. The molecule has 64 valence electrons. The molecular weight excluding hydrogens is 132 g/mol. The van der Waals surface area contributed by atoms with E-state index in [0.717, 1.165) is 11.8 Å². The maximum absolute atomic E-state index is 3.92. The first-order chi connectivity index (χ1) is 5.21. The molecule has 0 radical (unpaired) electrons. The van der Waals surface area contributed by atoms with Crippen LogP contribution in [0.4, 0.5) is 0 Å². The van der Waals surface area contributed by atoms with Crippen molar-refractivity contribution in [3.05, 3.63) is 12.7 Å². The Morgan fingerprint density at radius 1 is 1.64 bits per heavy atom. The van der Waals surface area contributed by atoms with Gasteiger partial charge in [-0.2, -0.15) is 0 Å². The molecule has 1 aliphatic rings. The van der Waals surface area contributed by atoms with Gasteiger partial charge in [0.2, 0.25) is 0 Å². The van der Waals surface area contributed by atoms with Crippen LogP contribution in [0.25, 0.3) is 0 Å². The average molecular weight is 152 g/mol. The van der Waals surface area contributed by atoms with E-state index in [1.807, 2.05) is 0 Å². The Morgan fingerprint density at radius 2 is 2.18 bits per heavy atom. The highest BCUT2D eigenvalue weighted by Crippen LogP contribution is 2.61. The molecule has 0 bridgehead atoms. The third-order valence-electron chi connectivity index (χ3n) is 3.63. The fourth-order valence-electron chi connectivity index (χ4n) is 2.59. The summed E-state index contributed by atoms with van der Waals surface area (Å²) in [6.45, 7) is 10.9. The van der Waals surface area contributed by atoms with Gasteiger partial charge in [-0.15, -0.1) is 6.58 Å². The second-order valence-electron chi connectivity index (χ2n) is 3.94. The maximum atomic E-state index is 3.92. The molecule has 0 heterocycles. The van der Waals surface area contributed by atoms with Crippen molar-refractivity contribution in [1.29, 1.82) is 0 Å². The van der Waals surface area contributed by atoms with Gasteiger partial charge in [0.25, 0.3) is 0 Å². The highest BCUT2D eigenvalue weighted by molar-refractivity contribution is 5.07. The number of hydrogen-bond acceptors (Lipinski definition) is 0. The topological polar surface area (TPSA) is 0 Å². The van der Waals surface area contributed by atoms with E-state index in [4.69, 9.17) is 0 Å². The largest absolute Gasteiger partial charge is 0.103 e. The van der Waals surface area contributed by atoms with Gasteiger partial charge >= 0.3 is 0 Å². The molecule has 0 heteroatoms. The Balaban J connectivity index is 2.62. The van der Waals surface area contributed by atoms with Crippen molar-refractivity contribution in [2.45, 2.75) is 40.0 Å². The first-order valence-electron chi connectivity index (χ1n) is 4.83. The second kappa shape index (κ2) is 3.00. The molecule has 0 amide bonds. The first-order valence-corrected chi connectivity index (χ1v) is 4.83. The number of rotatable bonds is 4. The molecule has 1 rings (SSSR count). The zero-order valence-electron chi connectivity index (χ0n) is 8.06. The molecule has 3 atom stereocenters. The van der Waals surface area contributed by atoms with Crippen LogP contribution in [0.5, 0.6) is 0 Å². The normalized spacial score (nSPS) is 38.3. The van der Waals surface area contributed by atoms with Crippen LogP contribution < -0.4 is 0 Å². The van der Waals surface area contributed by atoms with E-state index < -0.39 is 0 Å². The summed E-state index contributed by atoms with van der Waals surface area (Å²) >= 11 is 0. The van der Waals surface area contributed by atoms with Crippen LogP contribution in [0.15, 0.2) is 12.7 Å². The molecule has 0 spiro atoms. The first kappa shape index (κ1) is 8.83. The van der Waals surface area contributed by atoms with Crippen molar-refractivity contribution >= 4 is 0 Å². The zero-order valence-corrected chi connectivity index (χ0v) is 8.06. The van der Waals surface area contributed by atoms with E-state index in [1.165, 1.54) is 19.3 Å². The van der Waals surface area contributed by atoms with E-state index in [9.17, 15) is 0 Å². The Bertz CT molecular complexity index is 144. The molecule has 0 aliphatic heterocycles. The Hall–Kier alpha value is -0.260. The van der Waals surface area contributed by atoms with Crippen LogP contribution in [-0.2, 0) is 0 Å². The van der Waals surface area contributed by atoms with Crippen molar-refractivity contribution in [2.75, 3.05) is 0 Å². The van der Waals surface area contributed by atoms with Crippen LogP contribution in [-0.4, -0.2) is 0 Å². The van der Waals surface area contributed by atoms with Gasteiger partial charge in [0, 0.05) is 0 Å². The van der Waals surface area contributed by atoms with Gasteiger partial charge in [0.05, 0.1) is 0 Å². The quantitative estimate of drug-likeness (QED) is 0.539. The van der Waals surface area contributed by atoms with E-state index in [2.05, 4.69) is 33.4 Å². The Morgan fingerprint density at radius 3 is 2.27 bits per heavy atom. The lowest BCUT2D eigenvalue weighted by Gasteiger charge is -2.22. The molecular formula is C11H20. The van der Waals surface area contributed by atoms with E-state index in [0.29, 0.717) is 5.41 Å². The van der Waals surface area contributed by atoms with Crippen LogP contribution >= 0.6 is 0 Å². The van der Waals surface area contributed by atoms with Gasteiger partial charge in [0.15, 0.2) is 0 Å². The summed E-state index contributed by atoms with van der Waals surface area (Å²) in [5.74, 6) is 1.71. The van der Waals surface area contributed by atoms with Gasteiger partial charge in [-0.3, -0.25) is 0 Å². The molecule has 1 fully saturated rings. The van der Waals surface area contributed by atoms with Crippen molar-refractivity contribution in [1.82, 2.24) is 0 Å². The summed E-state index contributed by atoms with van der Waals surface area (Å²) in [5.41, 5.74) is 0.649. The maximum Gasteiger partial charge on any atom is -0.0180 e. The molecule has 0 nitrogen and oxygen atoms in total. The third-order valence-corrected chi connectivity index (χ3v) is 3.63. The monoisotopic (exact) mass is 152 g/mol. The standard InChI is InChI=1S/C11H20/c1-5-10(6-2)11(7-3)8-9(11)4/h5,9-10H,1,6-8H2,2-4H3. The molecule has 1 aliphatic carbocycles. The van der Waals surface area contributed by atoms with Gasteiger partial charge in [0.1, 0.15) is 0 Å². The lowest BCUT2D eigenvalue weighted by Crippen LogP contribution is -2.13. The molecule has 1 saturated carbocycles. The summed E-state index contributed by atoms with van der Waals surface area (Å²) < 4.78 is 0. The fraction of sp³-hybridized carbons (Fsp3) is 0.818. The minimum absolute atomic E-state index is 0.649. The van der Waals surface area contributed by atoms with E-state index in [-0.39, 0.29) is 0 Å². The highest BCUT2D eigenvalue weighted by Gasteiger charge is 2.52. The van der Waals surface area contributed by atoms with Gasteiger partial charge in [-0.25, -0.2) is 0 Å². The summed E-state index contributed by atoms with van der Waals surface area (Å²) in [7, 11) is 0. The second-order valence-corrected chi connectivity index (χ2v) is 3.94. The molecule has 0 aromatic rings. The summed E-state index contributed by atoms with van der Waals surface area (Å²) in [6.07, 6.45) is 6.18. The van der Waals surface area contributed by atoms with Crippen molar-refractivity contribution in [3.63, 3.8) is 0 Å². The van der Waals surface area contributed by atoms with Crippen molar-refractivity contribution in [2.24, 2.45) is 17.3 Å². The molecule has 11 heavy (non-hydrogen) atoms. The average Bonchev–Trinajstić information content (AvgIpc) is 2.66. The predicted molar refractivity (Wildman–Crippen MR) is 50.5 cm³/mol. The molecule has 0 saturated heterocycles. The molecule has 0 aromatic heterocycles. The Labute approximate surface area is 70.7 Å². The van der Waals surface area contributed by atoms with Crippen molar-refractivity contribution in [3.8, 4) is 0 Å². The lowest BCUT2D eigenvalue weighted by molar-refractivity contribution is 0.321. The zero-order chi connectivity index (χ0) is 8.48. The van der Waals surface area contributed by atoms with Crippen LogP contribution in [0, 0.1) is 17.3 Å². The van der Waals surface area contributed by atoms with Crippen LogP contribution in [0.3, 0.4) is 0 Å². The van der Waals surface area contributed by atoms with Gasteiger partial charge < -0.3 is 0 Å². The summed E-state index contributed by atoms with van der Waals surface area (Å²) in [6, 6.07) is 0. The minimum Gasteiger partial charge on any atom is -0.103 e. The van der Waals surface area contributed by atoms with Gasteiger partial charge in [-0.1, -0.05) is 26.8 Å². The van der Waals surface area contributed by atoms with Crippen molar-refractivity contribution < 1.29 is 0 Å². The van der Waals surface area contributed by atoms with E-state index >= 15 is 0 Å². The summed E-state index contributed by atoms with van der Waals surface area (Å²) in [4.78, 5) is 0. The highest BCUT2D eigenvalue weighted by atomic mass is 14.6. The smallest absolute Gasteiger partial charge is 0.0180 e. The number of hydrogen-bond donors (Lipinski definition) is 0. The minimum atomic E-state index is 0.649.